The van der Waals surface area contributed by atoms with E-state index in [4.69, 9.17) is 0 Å². The van der Waals surface area contributed by atoms with E-state index in [-0.39, 0.29) is 24.4 Å². The molecular formula is C11H18ClF3N4. The molecule has 0 aromatic carbocycles. The maximum absolute atomic E-state index is 12.3. The number of hydrogen-bond acceptors (Lipinski definition) is 4. The lowest BCUT2D eigenvalue weighted by Gasteiger charge is -2.22. The van der Waals surface area contributed by atoms with Crippen molar-refractivity contribution in [3.8, 4) is 0 Å². The Morgan fingerprint density at radius 2 is 1.84 bits per heavy atom. The maximum atomic E-state index is 12.3. The second-order valence-corrected chi connectivity index (χ2v) is 4.11. The average molecular weight is 299 g/mol. The summed E-state index contributed by atoms with van der Waals surface area (Å²) in [6.07, 6.45) is -2.79. The molecule has 0 aliphatic carbocycles. The third kappa shape index (κ3) is 5.61. The summed E-state index contributed by atoms with van der Waals surface area (Å²) in [5.74, 6) is 0.285. The van der Waals surface area contributed by atoms with Crippen LogP contribution in [-0.4, -0.2) is 36.1 Å². The Labute approximate surface area is 116 Å². The lowest BCUT2D eigenvalue weighted by molar-refractivity contribution is -0.138. The zero-order chi connectivity index (χ0) is 13.8. The van der Waals surface area contributed by atoms with E-state index in [0.717, 1.165) is 18.9 Å². The molecule has 8 heteroatoms. The van der Waals surface area contributed by atoms with E-state index >= 15 is 0 Å². The Bertz CT molecular complexity index is 369. The summed E-state index contributed by atoms with van der Waals surface area (Å²) < 4.78 is 37.0. The van der Waals surface area contributed by atoms with E-state index in [1.54, 1.807) is 11.9 Å². The van der Waals surface area contributed by atoms with Crippen molar-refractivity contribution >= 4 is 18.4 Å². The summed E-state index contributed by atoms with van der Waals surface area (Å²) in [7, 11) is 1.75. The third-order valence-electron chi connectivity index (χ3n) is 2.41. The molecule has 1 N–H and O–H groups in total. The number of likely N-dealkylation sites (N-methyl/N-ethyl adjacent to an activating group) is 2. The standard InChI is InChI=1S/C11H17F3N4.ClH/c1-4-15-8(2)7-18(3)10-16-5-9(6-17-10)11(12,13)14;/h5-6,8,15H,4,7H2,1-3H3;1H/t8-;/m0./s1. The first-order valence-corrected chi connectivity index (χ1v) is 5.68. The lowest BCUT2D eigenvalue weighted by Crippen LogP contribution is -2.38. The van der Waals surface area contributed by atoms with Crippen LogP contribution in [0, 0.1) is 0 Å². The number of rotatable bonds is 5. The predicted molar refractivity (Wildman–Crippen MR) is 70.7 cm³/mol. The third-order valence-corrected chi connectivity index (χ3v) is 2.41. The predicted octanol–water partition coefficient (Wildman–Crippen LogP) is 2.35. The molecule has 0 aliphatic heterocycles. The molecule has 1 rings (SSSR count). The van der Waals surface area contributed by atoms with Crippen LogP contribution in [0.2, 0.25) is 0 Å². The smallest absolute Gasteiger partial charge is 0.342 e. The summed E-state index contributed by atoms with van der Waals surface area (Å²) in [6, 6.07) is 0.214. The molecule has 0 unspecified atom stereocenters. The first kappa shape index (κ1) is 17.9. The number of anilines is 1. The van der Waals surface area contributed by atoms with Gasteiger partial charge in [-0.3, -0.25) is 0 Å². The fourth-order valence-corrected chi connectivity index (χ4v) is 1.57. The first-order valence-electron chi connectivity index (χ1n) is 5.68. The maximum Gasteiger partial charge on any atom is 0.419 e. The number of halogens is 4. The number of aromatic nitrogens is 2. The zero-order valence-corrected chi connectivity index (χ0v) is 11.8. The number of hydrogen-bond donors (Lipinski definition) is 1. The molecule has 0 bridgehead atoms. The summed E-state index contributed by atoms with van der Waals surface area (Å²) in [6.45, 7) is 5.44. The molecule has 1 aromatic heterocycles. The van der Waals surface area contributed by atoms with Gasteiger partial charge in [0.1, 0.15) is 0 Å². The van der Waals surface area contributed by atoms with Crippen LogP contribution in [0.15, 0.2) is 12.4 Å². The molecule has 0 radical (unpaired) electrons. The second kappa shape index (κ2) is 7.49. The van der Waals surface area contributed by atoms with Gasteiger partial charge in [0.25, 0.3) is 0 Å². The normalized spacial score (nSPS) is 12.7. The molecule has 0 fully saturated rings. The van der Waals surface area contributed by atoms with Crippen molar-refractivity contribution in [2.75, 3.05) is 25.0 Å². The quantitative estimate of drug-likeness (QED) is 0.906. The van der Waals surface area contributed by atoms with Crippen molar-refractivity contribution in [2.24, 2.45) is 0 Å². The molecular weight excluding hydrogens is 281 g/mol. The Morgan fingerprint density at radius 3 is 2.26 bits per heavy atom. The van der Waals surface area contributed by atoms with Gasteiger partial charge in [0.15, 0.2) is 0 Å². The topological polar surface area (TPSA) is 41.0 Å². The Kier molecular flexibility index (Phi) is 7.07. The number of nitrogens with zero attached hydrogens (tertiary/aromatic N) is 3. The molecule has 4 nitrogen and oxygen atoms in total. The van der Waals surface area contributed by atoms with Gasteiger partial charge in [0.2, 0.25) is 5.95 Å². The van der Waals surface area contributed by atoms with Crippen LogP contribution in [0.3, 0.4) is 0 Å². The van der Waals surface area contributed by atoms with E-state index in [2.05, 4.69) is 15.3 Å². The summed E-state index contributed by atoms with van der Waals surface area (Å²) >= 11 is 0. The molecule has 0 amide bonds. The highest BCUT2D eigenvalue weighted by Crippen LogP contribution is 2.28. The van der Waals surface area contributed by atoms with Gasteiger partial charge in [-0.15, -0.1) is 12.4 Å². The molecule has 1 aromatic rings. The summed E-state index contributed by atoms with van der Waals surface area (Å²) in [5.41, 5.74) is -0.834. The Hall–Kier alpha value is -1.08. The fourth-order valence-electron chi connectivity index (χ4n) is 1.57. The van der Waals surface area contributed by atoms with Gasteiger partial charge in [-0.1, -0.05) is 6.92 Å². The van der Waals surface area contributed by atoms with Gasteiger partial charge >= 0.3 is 6.18 Å². The number of nitrogens with one attached hydrogen (secondary N) is 1. The van der Waals surface area contributed by atoms with Crippen molar-refractivity contribution in [3.63, 3.8) is 0 Å². The van der Waals surface area contributed by atoms with Crippen LogP contribution in [0.25, 0.3) is 0 Å². The minimum atomic E-state index is -4.39. The summed E-state index contributed by atoms with van der Waals surface area (Å²) in [5, 5.41) is 3.20. The molecule has 0 aliphatic rings. The van der Waals surface area contributed by atoms with Gasteiger partial charge < -0.3 is 10.2 Å². The van der Waals surface area contributed by atoms with Crippen LogP contribution in [0.4, 0.5) is 19.1 Å². The SMILES string of the molecule is CCN[C@@H](C)CN(C)c1ncc(C(F)(F)F)cn1.Cl. The van der Waals surface area contributed by atoms with Gasteiger partial charge in [-0.25, -0.2) is 9.97 Å². The van der Waals surface area contributed by atoms with E-state index < -0.39 is 11.7 Å². The van der Waals surface area contributed by atoms with Crippen molar-refractivity contribution in [1.29, 1.82) is 0 Å². The molecule has 0 saturated heterocycles. The van der Waals surface area contributed by atoms with Crippen LogP contribution in [0.1, 0.15) is 19.4 Å². The first-order chi connectivity index (χ1) is 8.34. The van der Waals surface area contributed by atoms with E-state index in [1.165, 1.54) is 0 Å². The second-order valence-electron chi connectivity index (χ2n) is 4.11. The fraction of sp³-hybridized carbons (Fsp3) is 0.636. The highest BCUT2D eigenvalue weighted by atomic mass is 35.5. The van der Waals surface area contributed by atoms with Crippen LogP contribution in [0.5, 0.6) is 0 Å². The Balaban J connectivity index is 0.00000324. The zero-order valence-electron chi connectivity index (χ0n) is 11.0. The molecule has 0 saturated carbocycles. The van der Waals surface area contributed by atoms with Gasteiger partial charge in [-0.05, 0) is 13.5 Å². The highest BCUT2D eigenvalue weighted by molar-refractivity contribution is 5.85. The molecule has 1 heterocycles. The van der Waals surface area contributed by atoms with Crippen LogP contribution in [-0.2, 0) is 6.18 Å². The minimum Gasteiger partial charge on any atom is -0.342 e. The monoisotopic (exact) mass is 298 g/mol. The molecule has 110 valence electrons. The van der Waals surface area contributed by atoms with Crippen molar-refractivity contribution in [2.45, 2.75) is 26.1 Å². The van der Waals surface area contributed by atoms with Crippen molar-refractivity contribution < 1.29 is 13.2 Å². The molecule has 19 heavy (non-hydrogen) atoms. The van der Waals surface area contributed by atoms with E-state index in [9.17, 15) is 13.2 Å². The van der Waals surface area contributed by atoms with E-state index in [1.807, 2.05) is 13.8 Å². The summed E-state index contributed by atoms with van der Waals surface area (Å²) in [4.78, 5) is 9.17. The van der Waals surface area contributed by atoms with Crippen molar-refractivity contribution in [1.82, 2.24) is 15.3 Å². The lowest BCUT2D eigenvalue weighted by atomic mass is 10.3. The average Bonchev–Trinajstić information content (AvgIpc) is 2.28. The van der Waals surface area contributed by atoms with Gasteiger partial charge in [-0.2, -0.15) is 13.2 Å². The van der Waals surface area contributed by atoms with Crippen LogP contribution < -0.4 is 10.2 Å². The van der Waals surface area contributed by atoms with E-state index in [0.29, 0.717) is 6.54 Å². The highest BCUT2D eigenvalue weighted by Gasteiger charge is 2.31. The Morgan fingerprint density at radius 1 is 1.32 bits per heavy atom. The largest absolute Gasteiger partial charge is 0.419 e. The molecule has 1 atom stereocenters. The molecule has 0 spiro atoms. The van der Waals surface area contributed by atoms with Crippen LogP contribution >= 0.6 is 12.4 Å². The van der Waals surface area contributed by atoms with Crippen molar-refractivity contribution in [3.05, 3.63) is 18.0 Å². The number of alkyl halides is 3. The van der Waals surface area contributed by atoms with Gasteiger partial charge in [0.05, 0.1) is 5.56 Å². The minimum absolute atomic E-state index is 0. The van der Waals surface area contributed by atoms with Gasteiger partial charge in [0, 0.05) is 32.0 Å².